The van der Waals surface area contributed by atoms with E-state index in [1.807, 2.05) is 30.3 Å². The number of anilines is 2. The van der Waals surface area contributed by atoms with Crippen LogP contribution in [0.15, 0.2) is 52.9 Å². The zero-order valence-corrected chi connectivity index (χ0v) is 14.0. The van der Waals surface area contributed by atoms with Gasteiger partial charge in [0, 0.05) is 30.1 Å². The Kier molecular flexibility index (Phi) is 5.39. The average molecular weight is 358 g/mol. The standard InChI is InChI=1S/C14H13Cl2N3O2S/c1-22(20,21)12-10-13(17-18-14(12)16)19(9-5-8-15)11-6-3-2-4-7-11/h2-8,10H,9H2,1H3. The van der Waals surface area contributed by atoms with E-state index in [-0.39, 0.29) is 10.0 Å². The first-order chi connectivity index (χ1) is 10.4. The Labute approximate surface area is 139 Å². The van der Waals surface area contributed by atoms with Gasteiger partial charge in [-0.3, -0.25) is 0 Å². The van der Waals surface area contributed by atoms with Crippen LogP contribution in [0, 0.1) is 0 Å². The van der Waals surface area contributed by atoms with Gasteiger partial charge in [0.2, 0.25) is 0 Å². The highest BCUT2D eigenvalue weighted by Crippen LogP contribution is 2.27. The number of nitrogens with zero attached hydrogens (tertiary/aromatic N) is 3. The Morgan fingerprint density at radius 2 is 1.91 bits per heavy atom. The van der Waals surface area contributed by atoms with Crippen LogP contribution in [0.3, 0.4) is 0 Å². The molecule has 116 valence electrons. The number of rotatable bonds is 5. The molecule has 0 bridgehead atoms. The lowest BCUT2D eigenvalue weighted by atomic mass is 10.3. The lowest BCUT2D eigenvalue weighted by Crippen LogP contribution is -2.19. The minimum atomic E-state index is -3.50. The molecule has 2 rings (SSSR count). The van der Waals surface area contributed by atoms with Crippen molar-refractivity contribution in [1.29, 1.82) is 0 Å². The van der Waals surface area contributed by atoms with E-state index in [4.69, 9.17) is 23.2 Å². The molecule has 0 atom stereocenters. The number of para-hydroxylation sites is 1. The van der Waals surface area contributed by atoms with Gasteiger partial charge in [-0.05, 0) is 12.1 Å². The highest BCUT2D eigenvalue weighted by atomic mass is 35.5. The van der Waals surface area contributed by atoms with Gasteiger partial charge < -0.3 is 4.90 Å². The van der Waals surface area contributed by atoms with E-state index < -0.39 is 9.84 Å². The topological polar surface area (TPSA) is 63.2 Å². The van der Waals surface area contributed by atoms with Crippen LogP contribution in [-0.2, 0) is 9.84 Å². The van der Waals surface area contributed by atoms with Crippen LogP contribution in [0.25, 0.3) is 0 Å². The molecular weight excluding hydrogens is 345 g/mol. The fourth-order valence-corrected chi connectivity index (χ4v) is 3.09. The number of benzene rings is 1. The van der Waals surface area contributed by atoms with Gasteiger partial charge in [-0.1, -0.05) is 47.5 Å². The second kappa shape index (κ2) is 7.09. The summed E-state index contributed by atoms with van der Waals surface area (Å²) in [4.78, 5) is 1.71. The second-order valence-corrected chi connectivity index (χ2v) is 7.03. The third-order valence-corrected chi connectivity index (χ3v) is 4.50. The molecule has 0 aliphatic carbocycles. The molecule has 0 N–H and O–H groups in total. The van der Waals surface area contributed by atoms with E-state index in [0.29, 0.717) is 12.4 Å². The molecule has 22 heavy (non-hydrogen) atoms. The van der Waals surface area contributed by atoms with Crippen molar-refractivity contribution in [2.75, 3.05) is 17.7 Å². The number of sulfone groups is 1. The quantitative estimate of drug-likeness (QED) is 0.820. The lowest BCUT2D eigenvalue weighted by molar-refractivity contribution is 0.601. The Bertz CT molecular complexity index is 780. The van der Waals surface area contributed by atoms with Crippen LogP contribution < -0.4 is 4.90 Å². The summed E-state index contributed by atoms with van der Waals surface area (Å²) in [5.41, 5.74) is 2.21. The largest absolute Gasteiger partial charge is 0.321 e. The predicted molar refractivity (Wildman–Crippen MR) is 88.6 cm³/mol. The molecule has 0 aliphatic heterocycles. The molecule has 2 aromatic rings. The fraction of sp³-hybridized carbons (Fsp3) is 0.143. The van der Waals surface area contributed by atoms with Gasteiger partial charge in [0.1, 0.15) is 4.90 Å². The zero-order chi connectivity index (χ0) is 16.2. The summed E-state index contributed by atoms with van der Waals surface area (Å²) in [6, 6.07) is 10.8. The second-order valence-electron chi connectivity index (χ2n) is 4.44. The van der Waals surface area contributed by atoms with Crippen molar-refractivity contribution in [2.45, 2.75) is 4.90 Å². The van der Waals surface area contributed by atoms with E-state index in [9.17, 15) is 8.42 Å². The third-order valence-electron chi connectivity index (χ3n) is 2.82. The molecule has 1 aromatic heterocycles. The Hall–Kier alpha value is -1.63. The fourth-order valence-electron chi connectivity index (χ4n) is 1.83. The molecule has 0 saturated carbocycles. The van der Waals surface area contributed by atoms with Crippen molar-refractivity contribution in [3.05, 3.63) is 53.2 Å². The maximum atomic E-state index is 11.8. The van der Waals surface area contributed by atoms with E-state index in [1.54, 1.807) is 11.0 Å². The minimum absolute atomic E-state index is 0.0602. The van der Waals surface area contributed by atoms with Crippen LogP contribution in [-0.4, -0.2) is 31.4 Å². The molecule has 0 saturated heterocycles. The minimum Gasteiger partial charge on any atom is -0.321 e. The summed E-state index contributed by atoms with van der Waals surface area (Å²) in [6.45, 7) is 0.410. The SMILES string of the molecule is CS(=O)(=O)c1cc(N(CC=CCl)c2ccccc2)nnc1Cl. The van der Waals surface area contributed by atoms with Gasteiger partial charge in [0.25, 0.3) is 0 Å². The molecule has 5 nitrogen and oxygen atoms in total. The summed E-state index contributed by atoms with van der Waals surface area (Å²) in [6.07, 6.45) is 2.79. The molecule has 0 fully saturated rings. The molecule has 0 unspecified atom stereocenters. The van der Waals surface area contributed by atoms with Crippen molar-refractivity contribution in [3.8, 4) is 0 Å². The molecule has 0 radical (unpaired) electrons. The van der Waals surface area contributed by atoms with E-state index in [1.165, 1.54) is 11.6 Å². The summed E-state index contributed by atoms with van der Waals surface area (Å²) < 4.78 is 23.5. The van der Waals surface area contributed by atoms with E-state index in [0.717, 1.165) is 11.9 Å². The van der Waals surface area contributed by atoms with Crippen molar-refractivity contribution in [1.82, 2.24) is 10.2 Å². The summed E-state index contributed by atoms with van der Waals surface area (Å²) in [5.74, 6) is 0.366. The van der Waals surface area contributed by atoms with Crippen LogP contribution >= 0.6 is 23.2 Å². The Morgan fingerprint density at radius 3 is 2.50 bits per heavy atom. The highest BCUT2D eigenvalue weighted by Gasteiger charge is 2.18. The Morgan fingerprint density at radius 1 is 1.23 bits per heavy atom. The molecular formula is C14H13Cl2N3O2S. The van der Waals surface area contributed by atoms with Gasteiger partial charge in [-0.25, -0.2) is 8.42 Å². The van der Waals surface area contributed by atoms with Gasteiger partial charge in [0.05, 0.1) is 0 Å². The highest BCUT2D eigenvalue weighted by molar-refractivity contribution is 7.90. The molecule has 1 heterocycles. The van der Waals surface area contributed by atoms with Crippen LogP contribution in [0.1, 0.15) is 0 Å². The van der Waals surface area contributed by atoms with Gasteiger partial charge in [-0.15, -0.1) is 10.2 Å². The average Bonchev–Trinajstić information content (AvgIpc) is 2.49. The number of halogens is 2. The van der Waals surface area contributed by atoms with Crippen LogP contribution in [0.5, 0.6) is 0 Å². The molecule has 0 amide bonds. The predicted octanol–water partition coefficient (Wildman–Crippen LogP) is 3.42. The first-order valence-corrected chi connectivity index (χ1v) is 8.95. The summed E-state index contributed by atoms with van der Waals surface area (Å²) in [7, 11) is -3.50. The maximum absolute atomic E-state index is 11.8. The first-order valence-electron chi connectivity index (χ1n) is 6.24. The molecule has 8 heteroatoms. The van der Waals surface area contributed by atoms with Crippen molar-refractivity contribution in [2.24, 2.45) is 0 Å². The van der Waals surface area contributed by atoms with Gasteiger partial charge in [0.15, 0.2) is 20.8 Å². The molecule has 1 aromatic carbocycles. The number of hydrogen-bond donors (Lipinski definition) is 0. The smallest absolute Gasteiger partial charge is 0.178 e. The molecule has 0 aliphatic rings. The van der Waals surface area contributed by atoms with Crippen molar-refractivity contribution in [3.63, 3.8) is 0 Å². The van der Waals surface area contributed by atoms with Gasteiger partial charge >= 0.3 is 0 Å². The van der Waals surface area contributed by atoms with E-state index >= 15 is 0 Å². The normalized spacial score (nSPS) is 11.8. The van der Waals surface area contributed by atoms with Crippen molar-refractivity contribution >= 4 is 44.5 Å². The third kappa shape index (κ3) is 3.97. The lowest BCUT2D eigenvalue weighted by Gasteiger charge is -2.22. The monoisotopic (exact) mass is 357 g/mol. The first kappa shape index (κ1) is 16.7. The summed E-state index contributed by atoms with van der Waals surface area (Å²) in [5, 5.41) is 7.58. The summed E-state index contributed by atoms with van der Waals surface area (Å²) >= 11 is 11.4. The van der Waals surface area contributed by atoms with E-state index in [2.05, 4.69) is 10.2 Å². The Balaban J connectivity index is 2.53. The van der Waals surface area contributed by atoms with Crippen LogP contribution in [0.4, 0.5) is 11.5 Å². The number of hydrogen-bond acceptors (Lipinski definition) is 5. The number of aromatic nitrogens is 2. The zero-order valence-electron chi connectivity index (χ0n) is 11.6. The molecule has 0 spiro atoms. The van der Waals surface area contributed by atoms with Crippen molar-refractivity contribution < 1.29 is 8.42 Å². The maximum Gasteiger partial charge on any atom is 0.178 e. The van der Waals surface area contributed by atoms with Crippen LogP contribution in [0.2, 0.25) is 5.15 Å². The van der Waals surface area contributed by atoms with Gasteiger partial charge in [-0.2, -0.15) is 0 Å².